The number of likely N-dealkylation sites (tertiary alicyclic amines) is 1. The molecule has 13 heavy (non-hydrogen) atoms. The minimum absolute atomic E-state index is 0.108. The van der Waals surface area contributed by atoms with Crippen LogP contribution < -0.4 is 5.32 Å². The van der Waals surface area contributed by atoms with Crippen molar-refractivity contribution < 1.29 is 9.90 Å². The lowest BCUT2D eigenvalue weighted by Gasteiger charge is -2.13. The Morgan fingerprint density at radius 1 is 1.46 bits per heavy atom. The van der Waals surface area contributed by atoms with Gasteiger partial charge in [0, 0.05) is 19.1 Å². The molecule has 1 amide bonds. The Labute approximate surface area is 77.9 Å². The molecule has 0 aromatic heterocycles. The lowest BCUT2D eigenvalue weighted by atomic mass is 10.3. The maximum Gasteiger partial charge on any atom is 0.234 e. The van der Waals surface area contributed by atoms with Crippen molar-refractivity contribution in [3.63, 3.8) is 0 Å². The molecule has 0 aromatic carbocycles. The molecule has 4 nitrogen and oxygen atoms in total. The minimum Gasteiger partial charge on any atom is -0.392 e. The Bertz CT molecular complexity index is 204. The number of rotatable bonds is 3. The molecule has 1 aliphatic heterocycles. The number of nitrogens with zero attached hydrogens (tertiary/aromatic N) is 1. The summed E-state index contributed by atoms with van der Waals surface area (Å²) in [7, 11) is 0. The molecule has 0 spiro atoms. The summed E-state index contributed by atoms with van der Waals surface area (Å²) in [6.45, 7) is 1.95. The number of amides is 1. The van der Waals surface area contributed by atoms with Crippen LogP contribution in [0.2, 0.25) is 0 Å². The molecular formula is C9H16N2O2. The molecule has 1 heterocycles. The van der Waals surface area contributed by atoms with E-state index in [-0.39, 0.29) is 12.0 Å². The average Bonchev–Trinajstić information content (AvgIpc) is 2.76. The predicted octanol–water partition coefficient (Wildman–Crippen LogP) is -0.668. The zero-order valence-corrected chi connectivity index (χ0v) is 7.70. The summed E-state index contributed by atoms with van der Waals surface area (Å²) in [5.41, 5.74) is 0. The lowest BCUT2D eigenvalue weighted by molar-refractivity contribution is -0.122. The first-order valence-corrected chi connectivity index (χ1v) is 4.94. The Morgan fingerprint density at radius 3 is 2.77 bits per heavy atom. The zero-order valence-electron chi connectivity index (χ0n) is 7.70. The van der Waals surface area contributed by atoms with E-state index in [1.807, 2.05) is 4.90 Å². The number of carbonyl (C=O) groups is 1. The predicted molar refractivity (Wildman–Crippen MR) is 48.2 cm³/mol. The molecule has 0 bridgehead atoms. The number of aliphatic hydroxyl groups is 1. The molecule has 2 N–H and O–H groups in total. The smallest absolute Gasteiger partial charge is 0.234 e. The summed E-state index contributed by atoms with van der Waals surface area (Å²) >= 11 is 0. The van der Waals surface area contributed by atoms with E-state index in [9.17, 15) is 9.90 Å². The second-order valence-corrected chi connectivity index (χ2v) is 4.02. The van der Waals surface area contributed by atoms with Gasteiger partial charge in [0.2, 0.25) is 5.91 Å². The van der Waals surface area contributed by atoms with Gasteiger partial charge in [0.25, 0.3) is 0 Å². The maximum absolute atomic E-state index is 11.3. The summed E-state index contributed by atoms with van der Waals surface area (Å²) < 4.78 is 0. The fourth-order valence-electron chi connectivity index (χ4n) is 1.66. The Balaban J connectivity index is 1.67. The maximum atomic E-state index is 11.3. The van der Waals surface area contributed by atoms with Gasteiger partial charge >= 0.3 is 0 Å². The summed E-state index contributed by atoms with van der Waals surface area (Å²) in [5.74, 6) is 0.108. The third kappa shape index (κ3) is 2.67. The van der Waals surface area contributed by atoms with Crippen molar-refractivity contribution >= 4 is 5.91 Å². The van der Waals surface area contributed by atoms with Crippen molar-refractivity contribution in [3.8, 4) is 0 Å². The van der Waals surface area contributed by atoms with E-state index in [2.05, 4.69) is 5.32 Å². The minimum atomic E-state index is -0.228. The van der Waals surface area contributed by atoms with E-state index in [1.54, 1.807) is 0 Å². The van der Waals surface area contributed by atoms with Crippen molar-refractivity contribution in [2.45, 2.75) is 31.4 Å². The molecule has 1 saturated carbocycles. The summed E-state index contributed by atoms with van der Waals surface area (Å²) in [4.78, 5) is 13.3. The third-order valence-electron chi connectivity index (χ3n) is 2.56. The summed E-state index contributed by atoms with van der Waals surface area (Å²) in [6.07, 6.45) is 2.84. The van der Waals surface area contributed by atoms with Crippen LogP contribution in [0.4, 0.5) is 0 Å². The van der Waals surface area contributed by atoms with E-state index in [0.717, 1.165) is 25.8 Å². The highest BCUT2D eigenvalue weighted by atomic mass is 16.3. The van der Waals surface area contributed by atoms with Gasteiger partial charge in [-0.3, -0.25) is 9.69 Å². The SMILES string of the molecule is O=C(CN1CC[C@@H](O)C1)NC1CC1. The molecule has 4 heteroatoms. The second-order valence-electron chi connectivity index (χ2n) is 4.02. The molecular weight excluding hydrogens is 168 g/mol. The van der Waals surface area contributed by atoms with Crippen LogP contribution in [-0.4, -0.2) is 47.7 Å². The second kappa shape index (κ2) is 3.64. The third-order valence-corrected chi connectivity index (χ3v) is 2.56. The van der Waals surface area contributed by atoms with E-state index in [4.69, 9.17) is 0 Å². The number of carbonyl (C=O) groups excluding carboxylic acids is 1. The van der Waals surface area contributed by atoms with Crippen LogP contribution in [0.1, 0.15) is 19.3 Å². The van der Waals surface area contributed by atoms with E-state index < -0.39 is 0 Å². The van der Waals surface area contributed by atoms with E-state index in [0.29, 0.717) is 19.1 Å². The largest absolute Gasteiger partial charge is 0.392 e. The first-order chi connectivity index (χ1) is 6.24. The van der Waals surface area contributed by atoms with Gasteiger partial charge < -0.3 is 10.4 Å². The van der Waals surface area contributed by atoms with E-state index >= 15 is 0 Å². The Kier molecular flexibility index (Phi) is 2.51. The molecule has 2 rings (SSSR count). The van der Waals surface area contributed by atoms with Gasteiger partial charge in [0.1, 0.15) is 0 Å². The summed E-state index contributed by atoms with van der Waals surface area (Å²) in [6, 6.07) is 0.444. The normalized spacial score (nSPS) is 29.2. The average molecular weight is 184 g/mol. The Hall–Kier alpha value is -0.610. The summed E-state index contributed by atoms with van der Waals surface area (Å²) in [5, 5.41) is 12.2. The first-order valence-electron chi connectivity index (χ1n) is 4.94. The van der Waals surface area contributed by atoms with Crippen LogP contribution in [0.15, 0.2) is 0 Å². The van der Waals surface area contributed by atoms with Gasteiger partial charge in [-0.25, -0.2) is 0 Å². The highest BCUT2D eigenvalue weighted by Gasteiger charge is 2.26. The van der Waals surface area contributed by atoms with Crippen LogP contribution in [0.3, 0.4) is 0 Å². The number of nitrogens with one attached hydrogen (secondary N) is 1. The molecule has 0 radical (unpaired) electrons. The topological polar surface area (TPSA) is 52.6 Å². The standard InChI is InChI=1S/C9H16N2O2/c12-8-3-4-11(5-8)6-9(13)10-7-1-2-7/h7-8,12H,1-6H2,(H,10,13)/t8-/m1/s1. The van der Waals surface area contributed by atoms with Crippen molar-refractivity contribution in [3.05, 3.63) is 0 Å². The molecule has 2 aliphatic rings. The van der Waals surface area contributed by atoms with Crippen molar-refractivity contribution in [2.75, 3.05) is 19.6 Å². The van der Waals surface area contributed by atoms with Crippen molar-refractivity contribution in [1.82, 2.24) is 10.2 Å². The van der Waals surface area contributed by atoms with Crippen LogP contribution in [0.5, 0.6) is 0 Å². The van der Waals surface area contributed by atoms with Gasteiger partial charge in [-0.15, -0.1) is 0 Å². The molecule has 0 aromatic rings. The van der Waals surface area contributed by atoms with Gasteiger partial charge in [-0.05, 0) is 19.3 Å². The molecule has 1 saturated heterocycles. The number of hydrogen-bond acceptors (Lipinski definition) is 3. The molecule has 0 unspecified atom stereocenters. The number of β-amino-alcohol motifs (C(OH)–C–C–N with tert-alkyl or cyclic N) is 1. The monoisotopic (exact) mass is 184 g/mol. The quantitative estimate of drug-likeness (QED) is 0.611. The molecule has 1 atom stereocenters. The fraction of sp³-hybridized carbons (Fsp3) is 0.889. The molecule has 2 fully saturated rings. The van der Waals surface area contributed by atoms with Crippen LogP contribution in [-0.2, 0) is 4.79 Å². The van der Waals surface area contributed by atoms with Gasteiger partial charge in [0.15, 0.2) is 0 Å². The number of aliphatic hydroxyl groups excluding tert-OH is 1. The van der Waals surface area contributed by atoms with Crippen LogP contribution in [0.25, 0.3) is 0 Å². The van der Waals surface area contributed by atoms with Gasteiger partial charge in [-0.1, -0.05) is 0 Å². The van der Waals surface area contributed by atoms with E-state index in [1.165, 1.54) is 0 Å². The molecule has 1 aliphatic carbocycles. The highest BCUT2D eigenvalue weighted by molar-refractivity contribution is 5.78. The number of hydrogen-bond donors (Lipinski definition) is 2. The molecule has 74 valence electrons. The lowest BCUT2D eigenvalue weighted by Crippen LogP contribution is -2.37. The van der Waals surface area contributed by atoms with Crippen LogP contribution >= 0.6 is 0 Å². The van der Waals surface area contributed by atoms with Crippen molar-refractivity contribution in [1.29, 1.82) is 0 Å². The fourth-order valence-corrected chi connectivity index (χ4v) is 1.66. The van der Waals surface area contributed by atoms with Crippen LogP contribution in [0, 0.1) is 0 Å². The Morgan fingerprint density at radius 2 is 2.23 bits per heavy atom. The highest BCUT2D eigenvalue weighted by Crippen LogP contribution is 2.18. The van der Waals surface area contributed by atoms with Gasteiger partial charge in [-0.2, -0.15) is 0 Å². The van der Waals surface area contributed by atoms with Gasteiger partial charge in [0.05, 0.1) is 12.6 Å². The first kappa shape index (κ1) is 8.97. The zero-order chi connectivity index (χ0) is 9.26. The van der Waals surface area contributed by atoms with Crippen molar-refractivity contribution in [2.24, 2.45) is 0 Å².